The quantitative estimate of drug-likeness (QED) is 0.342. The molecule has 0 aromatic heterocycles. The number of carboxylic acids is 1. The van der Waals surface area contributed by atoms with Gasteiger partial charge in [0, 0.05) is 27.1 Å². The van der Waals surface area contributed by atoms with Crippen LogP contribution in [0.25, 0.3) is 10.8 Å². The highest BCUT2D eigenvalue weighted by molar-refractivity contribution is 14.1. The van der Waals surface area contributed by atoms with Crippen molar-refractivity contribution >= 4 is 39.3 Å². The Morgan fingerprint density at radius 3 is 2.23 bits per heavy atom. The summed E-state index contributed by atoms with van der Waals surface area (Å²) in [5, 5.41) is 32.4. The van der Waals surface area contributed by atoms with Gasteiger partial charge in [-0.3, -0.25) is 0 Å². The molecule has 0 heterocycles. The maximum absolute atomic E-state index is 10.6. The summed E-state index contributed by atoms with van der Waals surface area (Å²) in [7, 11) is 0. The number of hydrogen-bond acceptors (Lipinski definition) is 4. The summed E-state index contributed by atoms with van der Waals surface area (Å²) in [6, 6.07) is 20.0. The second kappa shape index (κ2) is 11.3. The summed E-state index contributed by atoms with van der Waals surface area (Å²) in [4.78, 5) is 8.90. The zero-order valence-corrected chi connectivity index (χ0v) is 18.4. The van der Waals surface area contributed by atoms with Crippen molar-refractivity contribution in [3.63, 3.8) is 0 Å². The minimum atomic E-state index is -5.08. The van der Waals surface area contributed by atoms with E-state index in [1.165, 1.54) is 9.13 Å². The Morgan fingerprint density at radius 2 is 1.65 bits per heavy atom. The number of hydrogen-bond donors (Lipinski definition) is 4. The van der Waals surface area contributed by atoms with Crippen molar-refractivity contribution < 1.29 is 33.3 Å². The van der Waals surface area contributed by atoms with Crippen LogP contribution in [0, 0.1) is 3.57 Å². The molecule has 0 amide bonds. The molecule has 0 aliphatic rings. The number of alkyl halides is 3. The molecule has 0 aliphatic heterocycles. The second-order valence-corrected chi connectivity index (χ2v) is 7.93. The van der Waals surface area contributed by atoms with Crippen LogP contribution >= 0.6 is 22.6 Å². The van der Waals surface area contributed by atoms with Gasteiger partial charge in [0.05, 0.1) is 6.61 Å². The number of carboxylic acid groups (broad SMARTS) is 1. The molecule has 1 atom stereocenters. The van der Waals surface area contributed by atoms with Crippen LogP contribution in [0.3, 0.4) is 0 Å². The summed E-state index contributed by atoms with van der Waals surface area (Å²) >= 11 is 2.28. The monoisotopic (exact) mass is 547 g/mol. The van der Waals surface area contributed by atoms with Gasteiger partial charge in [0.25, 0.3) is 0 Å². The van der Waals surface area contributed by atoms with E-state index in [0.717, 1.165) is 22.8 Å². The lowest BCUT2D eigenvalue weighted by molar-refractivity contribution is -0.192. The zero-order valence-electron chi connectivity index (χ0n) is 16.2. The number of fused-ring (bicyclic) bond motifs is 1. The number of aromatic hydroxyl groups is 1. The number of nitrogens with one attached hydrogen (secondary N) is 1. The van der Waals surface area contributed by atoms with E-state index in [0.29, 0.717) is 12.3 Å². The Hall–Kier alpha value is -2.37. The van der Waals surface area contributed by atoms with E-state index in [-0.39, 0.29) is 12.6 Å². The average molecular weight is 547 g/mol. The van der Waals surface area contributed by atoms with E-state index in [1.54, 1.807) is 0 Å². The van der Waals surface area contributed by atoms with E-state index >= 15 is 0 Å². The largest absolute Gasteiger partial charge is 0.507 e. The number of carbonyl (C=O) groups is 1. The first kappa shape index (κ1) is 24.9. The van der Waals surface area contributed by atoms with Gasteiger partial charge in [0.1, 0.15) is 5.75 Å². The Kier molecular flexibility index (Phi) is 9.08. The van der Waals surface area contributed by atoms with Gasteiger partial charge in [-0.1, -0.05) is 48.5 Å². The van der Waals surface area contributed by atoms with Gasteiger partial charge >= 0.3 is 12.1 Å². The van der Waals surface area contributed by atoms with Crippen molar-refractivity contribution in [2.45, 2.75) is 25.2 Å². The van der Waals surface area contributed by atoms with Gasteiger partial charge in [-0.2, -0.15) is 13.2 Å². The number of aliphatic hydroxyl groups excluding tert-OH is 1. The molecule has 5 nitrogen and oxygen atoms in total. The number of aliphatic carboxylic acids is 1. The minimum Gasteiger partial charge on any atom is -0.507 e. The number of phenolic OH excluding ortho intramolecular Hbond substituents is 1. The highest BCUT2D eigenvalue weighted by atomic mass is 127. The fraction of sp³-hybridized carbons (Fsp3) is 0.227. The molecular weight excluding hydrogens is 526 g/mol. The Morgan fingerprint density at radius 1 is 1.03 bits per heavy atom. The van der Waals surface area contributed by atoms with Crippen LogP contribution in [0.4, 0.5) is 13.2 Å². The number of aliphatic hydroxyl groups is 1. The molecule has 0 saturated carbocycles. The topological polar surface area (TPSA) is 89.8 Å². The van der Waals surface area contributed by atoms with Gasteiger partial charge in [0.2, 0.25) is 0 Å². The first-order chi connectivity index (χ1) is 14.6. The molecule has 166 valence electrons. The van der Waals surface area contributed by atoms with Crippen LogP contribution in [0.15, 0.2) is 60.7 Å². The predicted molar refractivity (Wildman–Crippen MR) is 120 cm³/mol. The summed E-state index contributed by atoms with van der Waals surface area (Å²) < 4.78 is 32.9. The Bertz CT molecular complexity index is 1010. The number of phenols is 1. The van der Waals surface area contributed by atoms with Crippen LogP contribution in [-0.4, -0.2) is 40.1 Å². The van der Waals surface area contributed by atoms with Crippen molar-refractivity contribution in [2.75, 3.05) is 6.61 Å². The summed E-state index contributed by atoms with van der Waals surface area (Å²) in [5.41, 5.74) is 2.03. The molecule has 31 heavy (non-hydrogen) atoms. The molecule has 0 fully saturated rings. The van der Waals surface area contributed by atoms with Gasteiger partial charge in [-0.05, 0) is 52.1 Å². The lowest BCUT2D eigenvalue weighted by Crippen LogP contribution is -2.34. The molecule has 0 bridgehead atoms. The van der Waals surface area contributed by atoms with E-state index in [1.807, 2.05) is 36.4 Å². The molecule has 3 rings (SSSR count). The van der Waals surface area contributed by atoms with Crippen molar-refractivity contribution in [1.82, 2.24) is 5.32 Å². The number of rotatable bonds is 6. The third kappa shape index (κ3) is 7.67. The Balaban J connectivity index is 0.000000423. The fourth-order valence-corrected chi connectivity index (χ4v) is 3.16. The summed E-state index contributed by atoms with van der Waals surface area (Å²) in [6.07, 6.45) is -4.33. The Labute approximate surface area is 190 Å². The van der Waals surface area contributed by atoms with Crippen LogP contribution in [0.1, 0.15) is 11.1 Å². The van der Waals surface area contributed by atoms with Crippen LogP contribution in [0.5, 0.6) is 5.75 Å². The van der Waals surface area contributed by atoms with E-state index in [2.05, 4.69) is 52.2 Å². The van der Waals surface area contributed by atoms with Gasteiger partial charge in [-0.15, -0.1) is 0 Å². The molecule has 0 saturated heterocycles. The van der Waals surface area contributed by atoms with E-state index in [4.69, 9.17) is 9.90 Å². The maximum atomic E-state index is 10.6. The highest BCUT2D eigenvalue weighted by Crippen LogP contribution is 2.28. The van der Waals surface area contributed by atoms with Crippen LogP contribution in [-0.2, 0) is 17.8 Å². The SMILES string of the molecule is O=C(O)C(F)(F)F.OCC(Cc1ccc(I)cc1)NCc1ccc2ccccc2c1O. The fourth-order valence-electron chi connectivity index (χ4n) is 2.80. The molecule has 3 aromatic rings. The first-order valence-corrected chi connectivity index (χ1v) is 10.3. The molecule has 9 heteroatoms. The normalized spacial score (nSPS) is 12.2. The maximum Gasteiger partial charge on any atom is 0.490 e. The second-order valence-electron chi connectivity index (χ2n) is 6.69. The zero-order chi connectivity index (χ0) is 23.0. The molecule has 1 unspecified atom stereocenters. The molecule has 0 aliphatic carbocycles. The smallest absolute Gasteiger partial charge is 0.490 e. The van der Waals surface area contributed by atoms with Crippen molar-refractivity contribution in [3.8, 4) is 5.75 Å². The lowest BCUT2D eigenvalue weighted by Gasteiger charge is -2.17. The number of benzene rings is 3. The summed E-state index contributed by atoms with van der Waals surface area (Å²) in [6.45, 7) is 0.576. The van der Waals surface area contributed by atoms with Crippen LogP contribution < -0.4 is 5.32 Å². The standard InChI is InChI=1S/C20H20INO2.C2HF3O2/c21-17-9-5-14(6-10-17)11-18(13-23)22-12-16-8-7-15-3-1-2-4-19(15)20(16)24;3-2(4,5)1(6)7/h1-10,18,22-24H,11-13H2;(H,6,7). The lowest BCUT2D eigenvalue weighted by atomic mass is 10.0. The van der Waals surface area contributed by atoms with Gasteiger partial charge < -0.3 is 20.6 Å². The highest BCUT2D eigenvalue weighted by Gasteiger charge is 2.38. The molecule has 0 spiro atoms. The molecule has 3 aromatic carbocycles. The summed E-state index contributed by atoms with van der Waals surface area (Å²) in [5.74, 6) is -2.45. The molecular formula is C22H21F3INO4. The van der Waals surface area contributed by atoms with Crippen LogP contribution in [0.2, 0.25) is 0 Å². The van der Waals surface area contributed by atoms with E-state index < -0.39 is 12.1 Å². The first-order valence-electron chi connectivity index (χ1n) is 9.20. The average Bonchev–Trinajstić information content (AvgIpc) is 2.73. The molecule has 0 radical (unpaired) electrons. The minimum absolute atomic E-state index is 0.0454. The van der Waals surface area contributed by atoms with Crippen molar-refractivity contribution in [2.24, 2.45) is 0 Å². The van der Waals surface area contributed by atoms with Crippen molar-refractivity contribution in [3.05, 3.63) is 75.4 Å². The van der Waals surface area contributed by atoms with Crippen molar-refractivity contribution in [1.29, 1.82) is 0 Å². The van der Waals surface area contributed by atoms with Gasteiger partial charge in [-0.25, -0.2) is 4.79 Å². The third-order valence-electron chi connectivity index (χ3n) is 4.42. The van der Waals surface area contributed by atoms with Gasteiger partial charge in [0.15, 0.2) is 0 Å². The van der Waals surface area contributed by atoms with E-state index in [9.17, 15) is 23.4 Å². The predicted octanol–water partition coefficient (Wildman–Crippen LogP) is 4.48. The number of halogens is 4. The third-order valence-corrected chi connectivity index (χ3v) is 5.14. The molecule has 4 N–H and O–H groups in total.